The molecule has 1 aromatic carbocycles. The van der Waals surface area contributed by atoms with Crippen LogP contribution in [0.25, 0.3) is 5.65 Å². The molecule has 2 aromatic heterocycles. The number of likely N-dealkylation sites (N-methyl/N-ethyl adjacent to an activating group) is 1. The summed E-state index contributed by atoms with van der Waals surface area (Å²) in [5.74, 6) is 0.365. The number of piperidine rings is 1. The minimum Gasteiger partial charge on any atom is -0.314 e. The Morgan fingerprint density at radius 2 is 1.90 bits per heavy atom. The number of aromatic nitrogens is 3. The van der Waals surface area contributed by atoms with Crippen LogP contribution in [0.2, 0.25) is 0 Å². The van der Waals surface area contributed by atoms with Crippen molar-refractivity contribution in [3.05, 3.63) is 60.0 Å². The van der Waals surface area contributed by atoms with E-state index in [2.05, 4.69) is 15.1 Å². The maximum atomic E-state index is 13.2. The number of hydrogen-bond acceptors (Lipinski definition) is 4. The van der Waals surface area contributed by atoms with E-state index in [-0.39, 0.29) is 17.9 Å². The zero-order valence-electron chi connectivity index (χ0n) is 17.4. The minimum absolute atomic E-state index is 0.0303. The molecular formula is C22H24F3N5O. The van der Waals surface area contributed by atoms with Crippen LogP contribution in [0, 0.1) is 0 Å². The summed E-state index contributed by atoms with van der Waals surface area (Å²) in [5.41, 5.74) is 0.464. The van der Waals surface area contributed by atoms with Crippen LogP contribution in [0.15, 0.2) is 48.7 Å². The number of carbonyl (C=O) groups excluding carboxylic acids is 1. The SMILES string of the molecule is CC(C(=O)N(C)c1ccccc1)N1CCCC(c2nnc3ccc(C(F)(F)F)cn23)C1. The van der Waals surface area contributed by atoms with Crippen LogP contribution in [0.1, 0.15) is 37.1 Å². The lowest BCUT2D eigenvalue weighted by molar-refractivity contribution is -0.137. The number of anilines is 1. The topological polar surface area (TPSA) is 53.7 Å². The summed E-state index contributed by atoms with van der Waals surface area (Å²) in [4.78, 5) is 16.7. The van der Waals surface area contributed by atoms with Gasteiger partial charge in [-0.15, -0.1) is 10.2 Å². The fourth-order valence-corrected chi connectivity index (χ4v) is 4.14. The van der Waals surface area contributed by atoms with E-state index in [4.69, 9.17) is 0 Å². The molecule has 0 aliphatic carbocycles. The predicted molar refractivity (Wildman–Crippen MR) is 111 cm³/mol. The Morgan fingerprint density at radius 3 is 2.61 bits per heavy atom. The average Bonchev–Trinajstić information content (AvgIpc) is 3.21. The van der Waals surface area contributed by atoms with Crippen LogP contribution < -0.4 is 4.90 Å². The lowest BCUT2D eigenvalue weighted by Crippen LogP contribution is -2.49. The van der Waals surface area contributed by atoms with Gasteiger partial charge in [0.25, 0.3) is 0 Å². The second kappa shape index (κ2) is 8.30. The Morgan fingerprint density at radius 1 is 1.16 bits per heavy atom. The average molecular weight is 431 g/mol. The second-order valence-corrected chi connectivity index (χ2v) is 7.94. The van der Waals surface area contributed by atoms with E-state index in [0.29, 0.717) is 18.0 Å². The maximum Gasteiger partial charge on any atom is 0.417 e. The molecule has 0 radical (unpaired) electrons. The summed E-state index contributed by atoms with van der Waals surface area (Å²) in [6, 6.07) is 11.4. The lowest BCUT2D eigenvalue weighted by atomic mass is 9.95. The quantitative estimate of drug-likeness (QED) is 0.627. The van der Waals surface area contributed by atoms with Gasteiger partial charge in [0.2, 0.25) is 5.91 Å². The van der Waals surface area contributed by atoms with Crippen LogP contribution in [0.5, 0.6) is 0 Å². The Labute approximate surface area is 178 Å². The fraction of sp³-hybridized carbons (Fsp3) is 0.409. The summed E-state index contributed by atoms with van der Waals surface area (Å²) < 4.78 is 40.9. The molecule has 164 valence electrons. The van der Waals surface area contributed by atoms with Crippen LogP contribution in [-0.2, 0) is 11.0 Å². The molecule has 3 aromatic rings. The molecule has 6 nitrogen and oxygen atoms in total. The Hall–Kier alpha value is -2.94. The zero-order valence-corrected chi connectivity index (χ0v) is 17.4. The molecule has 9 heteroatoms. The van der Waals surface area contributed by atoms with E-state index in [0.717, 1.165) is 37.3 Å². The molecule has 0 saturated carbocycles. The van der Waals surface area contributed by atoms with E-state index in [1.54, 1.807) is 11.9 Å². The van der Waals surface area contributed by atoms with Gasteiger partial charge in [0.15, 0.2) is 5.65 Å². The van der Waals surface area contributed by atoms with Crippen LogP contribution in [0.4, 0.5) is 18.9 Å². The van der Waals surface area contributed by atoms with E-state index in [1.807, 2.05) is 37.3 Å². The van der Waals surface area contributed by atoms with Gasteiger partial charge in [0, 0.05) is 31.4 Å². The van der Waals surface area contributed by atoms with Gasteiger partial charge in [-0.2, -0.15) is 13.2 Å². The molecule has 4 rings (SSSR count). The van der Waals surface area contributed by atoms with Gasteiger partial charge >= 0.3 is 6.18 Å². The molecular weight excluding hydrogens is 407 g/mol. The van der Waals surface area contributed by atoms with Crippen molar-refractivity contribution in [2.24, 2.45) is 0 Å². The first-order chi connectivity index (χ1) is 14.8. The van der Waals surface area contributed by atoms with Crippen molar-refractivity contribution in [3.8, 4) is 0 Å². The van der Waals surface area contributed by atoms with Crippen molar-refractivity contribution in [1.29, 1.82) is 0 Å². The molecule has 1 saturated heterocycles. The van der Waals surface area contributed by atoms with Crippen LogP contribution in [-0.4, -0.2) is 51.6 Å². The first-order valence-electron chi connectivity index (χ1n) is 10.2. The molecule has 1 amide bonds. The normalized spacial score (nSPS) is 18.8. The summed E-state index contributed by atoms with van der Waals surface area (Å²) in [5, 5.41) is 8.23. The summed E-state index contributed by atoms with van der Waals surface area (Å²) in [6.07, 6.45) is -1.77. The zero-order chi connectivity index (χ0) is 22.2. The van der Waals surface area contributed by atoms with E-state index in [1.165, 1.54) is 10.5 Å². The molecule has 0 bridgehead atoms. The van der Waals surface area contributed by atoms with Gasteiger partial charge in [-0.05, 0) is 50.6 Å². The molecule has 1 aliphatic rings. The summed E-state index contributed by atoms with van der Waals surface area (Å²) in [7, 11) is 1.75. The largest absolute Gasteiger partial charge is 0.417 e. The number of nitrogens with zero attached hydrogens (tertiary/aromatic N) is 5. The highest BCUT2D eigenvalue weighted by Gasteiger charge is 2.34. The minimum atomic E-state index is -4.43. The first kappa shape index (κ1) is 21.3. The van der Waals surface area contributed by atoms with Gasteiger partial charge in [-0.25, -0.2) is 0 Å². The van der Waals surface area contributed by atoms with E-state index >= 15 is 0 Å². The maximum absolute atomic E-state index is 13.2. The van der Waals surface area contributed by atoms with Gasteiger partial charge in [0.1, 0.15) is 5.82 Å². The fourth-order valence-electron chi connectivity index (χ4n) is 4.14. The number of rotatable bonds is 4. The molecule has 31 heavy (non-hydrogen) atoms. The predicted octanol–water partition coefficient (Wildman–Crippen LogP) is 3.98. The smallest absolute Gasteiger partial charge is 0.314 e. The Bertz CT molecular complexity index is 1070. The van der Waals surface area contributed by atoms with E-state index in [9.17, 15) is 18.0 Å². The third-order valence-corrected chi connectivity index (χ3v) is 5.95. The molecule has 0 N–H and O–H groups in total. The van der Waals surface area contributed by atoms with Crippen molar-refractivity contribution < 1.29 is 18.0 Å². The number of carbonyl (C=O) groups is 1. The number of amides is 1. The lowest BCUT2D eigenvalue weighted by Gasteiger charge is -2.36. The standard InChI is InChI=1S/C22H24F3N5O/c1-15(21(31)28(2)18-8-4-3-5-9-18)29-12-6-7-16(13-29)20-27-26-19-11-10-17(14-30(19)20)22(23,24)25/h3-5,8-11,14-16H,6-7,12-13H2,1-2H3. The van der Waals surface area contributed by atoms with Crippen molar-refractivity contribution in [1.82, 2.24) is 19.5 Å². The number of pyridine rings is 1. The number of para-hydroxylation sites is 1. The highest BCUT2D eigenvalue weighted by atomic mass is 19.4. The first-order valence-corrected chi connectivity index (χ1v) is 10.2. The third kappa shape index (κ3) is 4.27. The van der Waals surface area contributed by atoms with Crippen molar-refractivity contribution in [2.75, 3.05) is 25.0 Å². The van der Waals surface area contributed by atoms with Gasteiger partial charge < -0.3 is 4.90 Å². The number of alkyl halides is 3. The molecule has 1 fully saturated rings. The molecule has 0 spiro atoms. The number of benzene rings is 1. The Kier molecular flexibility index (Phi) is 5.70. The van der Waals surface area contributed by atoms with E-state index < -0.39 is 11.7 Å². The summed E-state index contributed by atoms with van der Waals surface area (Å²) in [6.45, 7) is 3.15. The number of fused-ring (bicyclic) bond motifs is 1. The second-order valence-electron chi connectivity index (χ2n) is 7.94. The van der Waals surface area contributed by atoms with Crippen molar-refractivity contribution in [3.63, 3.8) is 0 Å². The number of likely N-dealkylation sites (tertiary alicyclic amines) is 1. The molecule has 3 heterocycles. The molecule has 2 unspecified atom stereocenters. The molecule has 2 atom stereocenters. The van der Waals surface area contributed by atoms with Gasteiger partial charge in [0.05, 0.1) is 11.6 Å². The monoisotopic (exact) mass is 431 g/mol. The van der Waals surface area contributed by atoms with Gasteiger partial charge in [-0.3, -0.25) is 14.1 Å². The third-order valence-electron chi connectivity index (χ3n) is 5.95. The van der Waals surface area contributed by atoms with Crippen molar-refractivity contribution >= 4 is 17.2 Å². The van der Waals surface area contributed by atoms with Gasteiger partial charge in [-0.1, -0.05) is 18.2 Å². The molecule has 1 aliphatic heterocycles. The summed E-state index contributed by atoms with van der Waals surface area (Å²) >= 11 is 0. The van der Waals surface area contributed by atoms with Crippen LogP contribution in [0.3, 0.4) is 0 Å². The highest BCUT2D eigenvalue weighted by Crippen LogP contribution is 2.32. The Balaban J connectivity index is 1.54. The van der Waals surface area contributed by atoms with Crippen molar-refractivity contribution in [2.45, 2.75) is 37.9 Å². The highest BCUT2D eigenvalue weighted by molar-refractivity contribution is 5.96. The number of halogens is 3. The van der Waals surface area contributed by atoms with Crippen LogP contribution >= 0.6 is 0 Å². The number of hydrogen-bond donors (Lipinski definition) is 0.